The Bertz CT molecular complexity index is 4580. The van der Waals surface area contributed by atoms with E-state index in [1.807, 2.05) is 91.0 Å². The summed E-state index contributed by atoms with van der Waals surface area (Å²) in [4.78, 5) is 9.05. The van der Waals surface area contributed by atoms with Crippen LogP contribution in [0.15, 0.2) is 212 Å². The normalized spacial score (nSPS) is 16.1. The van der Waals surface area contributed by atoms with Crippen LogP contribution in [0.4, 0.5) is 22.7 Å². The van der Waals surface area contributed by atoms with E-state index in [0.29, 0.717) is 50.4 Å². The number of benzene rings is 9. The minimum Gasteiger partial charge on any atom is -0.509 e. The second-order valence-electron chi connectivity index (χ2n) is 22.5. The van der Waals surface area contributed by atoms with Gasteiger partial charge in [0.05, 0.1) is 12.3 Å². The monoisotopic (exact) mass is 1200 g/mol. The molecule has 0 N–H and O–H groups in total. The van der Waals surface area contributed by atoms with E-state index in [2.05, 4.69) is 132 Å². The van der Waals surface area contributed by atoms with Gasteiger partial charge in [-0.15, -0.1) is 48.1 Å². The van der Waals surface area contributed by atoms with Gasteiger partial charge in [0.15, 0.2) is 0 Å². The molecule has 0 bridgehead atoms. The maximum absolute atomic E-state index is 9.16. The van der Waals surface area contributed by atoms with Crippen LogP contribution in [0.1, 0.15) is 90.3 Å². The van der Waals surface area contributed by atoms with Crippen molar-refractivity contribution in [3.05, 3.63) is 248 Å². The summed E-state index contributed by atoms with van der Waals surface area (Å²) in [5, 5.41) is 0.934. The second kappa shape index (κ2) is 19.8. The first-order chi connectivity index (χ1) is 41.0. The molecule has 11 aromatic rings. The molecular weight excluding hydrogens is 1130 g/mol. The van der Waals surface area contributed by atoms with E-state index in [-0.39, 0.29) is 79.1 Å². The minimum absolute atomic E-state index is 0. The molecule has 0 amide bonds. The van der Waals surface area contributed by atoms with Gasteiger partial charge in [-0.05, 0) is 133 Å². The summed E-state index contributed by atoms with van der Waals surface area (Å²) in [5.74, 6) is 1.21. The predicted octanol–water partition coefficient (Wildman–Crippen LogP) is 19.3. The Balaban J connectivity index is 0.00000739. The van der Waals surface area contributed by atoms with Crippen LogP contribution in [0.2, 0.25) is 0 Å². The third-order valence-electron chi connectivity index (χ3n) is 15.6. The van der Waals surface area contributed by atoms with E-state index in [1.54, 1.807) is 16.8 Å². The first-order valence-corrected chi connectivity index (χ1v) is 26.2. The molecule has 0 radical (unpaired) electrons. The standard InChI is InChI=1S/C72H61N4O.Pt/c1-70(2,3)54-36-39-73-68(44-54)76-64-29-15-14-26-60(64)61-34-33-57(46-67(61)76)77-56-25-18-24-55(45-56)74-47-75(66-31-17-16-30-65(66)74)69-58(50-32-35-62-63(43-50)72(6,7)38-37-71(62,4)5)27-19-28-59(69)53-41-51(48-20-10-8-11-21-48)40-52(42-53)49-22-12-9-13-23-49;/h8-36,39-44,47H,37-38H2,1-7H3;/q-3;/i8D,10D,11D,14D,15D,20D,21D,26D,29D;. The Kier molecular flexibility index (Phi) is 10.4. The average molecular weight is 1200 g/mol. The predicted molar refractivity (Wildman–Crippen MR) is 320 cm³/mol. The molecule has 9 aromatic carbocycles. The largest absolute Gasteiger partial charge is 0.509 e. The zero-order valence-electron chi connectivity index (χ0n) is 53.5. The number of hydrogen-bond donors (Lipinski definition) is 0. The maximum Gasteiger partial charge on any atom is 0.135 e. The Hall–Kier alpha value is -7.98. The van der Waals surface area contributed by atoms with Crippen molar-refractivity contribution in [1.82, 2.24) is 9.55 Å². The fourth-order valence-electron chi connectivity index (χ4n) is 11.3. The summed E-state index contributed by atoms with van der Waals surface area (Å²) in [6.07, 6.45) is 3.84. The fraction of sp³-hybridized carbons (Fsp3) is 0.167. The number of rotatable bonds is 9. The molecule has 388 valence electrons. The second-order valence-corrected chi connectivity index (χ2v) is 22.5. The molecule has 0 spiro atoms. The van der Waals surface area contributed by atoms with E-state index in [1.165, 1.54) is 11.1 Å². The van der Waals surface area contributed by atoms with Crippen LogP contribution in [-0.2, 0) is 37.3 Å². The molecule has 0 saturated carbocycles. The van der Waals surface area contributed by atoms with Crippen molar-refractivity contribution in [1.29, 1.82) is 0 Å². The van der Waals surface area contributed by atoms with Gasteiger partial charge in [-0.1, -0.05) is 181 Å². The molecule has 6 heteroatoms. The third kappa shape index (κ3) is 9.12. The Morgan fingerprint density at radius 2 is 1.21 bits per heavy atom. The van der Waals surface area contributed by atoms with Crippen LogP contribution in [0.3, 0.4) is 0 Å². The van der Waals surface area contributed by atoms with Crippen molar-refractivity contribution < 1.29 is 38.1 Å². The number of nitrogens with zero attached hydrogens (tertiary/aromatic N) is 4. The van der Waals surface area contributed by atoms with E-state index in [9.17, 15) is 0 Å². The number of para-hydroxylation sites is 4. The molecule has 3 heterocycles. The Labute approximate surface area is 486 Å². The van der Waals surface area contributed by atoms with Gasteiger partial charge in [-0.2, -0.15) is 12.1 Å². The first-order valence-electron chi connectivity index (χ1n) is 30.7. The maximum atomic E-state index is 9.16. The number of fused-ring (bicyclic) bond motifs is 5. The Morgan fingerprint density at radius 1 is 0.551 bits per heavy atom. The van der Waals surface area contributed by atoms with Crippen LogP contribution in [-0.4, -0.2) is 9.55 Å². The van der Waals surface area contributed by atoms with Crippen molar-refractivity contribution in [2.75, 3.05) is 9.80 Å². The summed E-state index contributed by atoms with van der Waals surface area (Å²) in [7, 11) is 0. The molecule has 13 rings (SSSR count). The number of aromatic nitrogens is 2. The van der Waals surface area contributed by atoms with Crippen LogP contribution in [0.25, 0.3) is 72.1 Å². The fourth-order valence-corrected chi connectivity index (χ4v) is 11.3. The number of anilines is 4. The molecule has 0 atom stereocenters. The van der Waals surface area contributed by atoms with Crippen molar-refractivity contribution in [2.45, 2.75) is 77.6 Å². The van der Waals surface area contributed by atoms with E-state index < -0.39 is 18.1 Å². The summed E-state index contributed by atoms with van der Waals surface area (Å²) < 4.78 is 88.2. The molecule has 5 nitrogen and oxygen atoms in total. The molecule has 0 unspecified atom stereocenters. The zero-order chi connectivity index (χ0) is 60.5. The molecular formula is C72H61N4OPt-3. The average Bonchev–Trinajstić information content (AvgIpc) is 1.92. The van der Waals surface area contributed by atoms with Gasteiger partial charge in [0, 0.05) is 72.5 Å². The van der Waals surface area contributed by atoms with Crippen molar-refractivity contribution in [3.8, 4) is 61.8 Å². The van der Waals surface area contributed by atoms with Gasteiger partial charge in [-0.25, -0.2) is 4.98 Å². The number of ether oxygens (including phenoxy) is 1. The van der Waals surface area contributed by atoms with Gasteiger partial charge in [0.25, 0.3) is 0 Å². The molecule has 0 fully saturated rings. The minimum atomic E-state index is -0.450. The summed E-state index contributed by atoms with van der Waals surface area (Å²) in [5.41, 5.74) is 13.3. The van der Waals surface area contributed by atoms with Crippen LogP contribution < -0.4 is 14.5 Å². The Morgan fingerprint density at radius 3 is 1.97 bits per heavy atom. The van der Waals surface area contributed by atoms with Crippen molar-refractivity contribution in [2.24, 2.45) is 0 Å². The first kappa shape index (κ1) is 41.2. The molecule has 0 saturated heterocycles. The van der Waals surface area contributed by atoms with Gasteiger partial charge in [-0.3, -0.25) is 0 Å². The summed E-state index contributed by atoms with van der Waals surface area (Å²) in [6.45, 7) is 17.7. The van der Waals surface area contributed by atoms with Gasteiger partial charge >= 0.3 is 0 Å². The molecule has 1 aliphatic heterocycles. The molecule has 78 heavy (non-hydrogen) atoms. The van der Waals surface area contributed by atoms with Crippen LogP contribution in [0, 0.1) is 18.8 Å². The van der Waals surface area contributed by atoms with Gasteiger partial charge in [0.2, 0.25) is 0 Å². The van der Waals surface area contributed by atoms with Gasteiger partial charge in [0.1, 0.15) is 5.82 Å². The molecule has 2 aliphatic rings. The molecule has 1 aliphatic carbocycles. The summed E-state index contributed by atoms with van der Waals surface area (Å²) >= 11 is 0. The smallest absolute Gasteiger partial charge is 0.135 e. The SMILES string of the molecule is [2H]c1c([2H])c([2H])c(-c2cc(-c3ccccc3)cc(-c3cccc(-c4ccc5c(c4)C(C)(C)CCC5(C)C)c3N3[CH-]N(c4[c-]c(Oc5[c-]c6c(cc5)c5c([2H])c([2H])c([2H])c([2H])c5n6-c5cc(C(C)(C)C)ccn5)ccc4)c4ccccc43)c2)c([2H])c1[2H].[Pt]. The third-order valence-corrected chi connectivity index (χ3v) is 15.6. The topological polar surface area (TPSA) is 33.5 Å². The molecule has 2 aromatic heterocycles. The van der Waals surface area contributed by atoms with Crippen LogP contribution in [0.5, 0.6) is 11.5 Å². The van der Waals surface area contributed by atoms with Crippen molar-refractivity contribution >= 4 is 44.6 Å². The van der Waals surface area contributed by atoms with Crippen LogP contribution >= 0.6 is 0 Å². The zero-order valence-corrected chi connectivity index (χ0v) is 46.8. The number of hydrogen-bond acceptors (Lipinski definition) is 4. The van der Waals surface area contributed by atoms with E-state index in [4.69, 9.17) is 22.1 Å². The number of pyridine rings is 1. The van der Waals surface area contributed by atoms with Gasteiger partial charge < -0.3 is 19.1 Å². The van der Waals surface area contributed by atoms with E-state index >= 15 is 0 Å². The van der Waals surface area contributed by atoms with Crippen molar-refractivity contribution in [3.63, 3.8) is 0 Å². The quantitative estimate of drug-likeness (QED) is 0.135. The van der Waals surface area contributed by atoms with E-state index in [0.717, 1.165) is 68.8 Å². The summed E-state index contributed by atoms with van der Waals surface area (Å²) in [6, 6.07) is 54.7.